The summed E-state index contributed by atoms with van der Waals surface area (Å²) in [5, 5.41) is 12.4. The SMILES string of the molecule is CC1COC(CO)CN1C(=O)[C@H]1CCCNC1. The highest BCUT2D eigenvalue weighted by atomic mass is 16.5. The molecule has 0 aliphatic carbocycles. The van der Waals surface area contributed by atoms with Crippen molar-refractivity contribution < 1.29 is 14.6 Å². The predicted octanol–water partition coefficient (Wildman–Crippen LogP) is -0.406. The van der Waals surface area contributed by atoms with Gasteiger partial charge in [-0.2, -0.15) is 0 Å². The van der Waals surface area contributed by atoms with E-state index < -0.39 is 0 Å². The average molecular weight is 242 g/mol. The highest BCUT2D eigenvalue weighted by Crippen LogP contribution is 2.19. The van der Waals surface area contributed by atoms with Crippen molar-refractivity contribution in [3.05, 3.63) is 0 Å². The Labute approximate surface area is 102 Å². The van der Waals surface area contributed by atoms with Crippen LogP contribution in [-0.2, 0) is 9.53 Å². The van der Waals surface area contributed by atoms with Gasteiger partial charge in [-0.05, 0) is 26.3 Å². The first-order valence-corrected chi connectivity index (χ1v) is 6.46. The Kier molecular flexibility index (Phi) is 4.36. The molecule has 5 heteroatoms. The normalized spacial score (nSPS) is 34.7. The maximum absolute atomic E-state index is 12.4. The van der Waals surface area contributed by atoms with E-state index in [0.717, 1.165) is 25.9 Å². The molecule has 2 N–H and O–H groups in total. The van der Waals surface area contributed by atoms with Gasteiger partial charge in [-0.3, -0.25) is 4.79 Å². The maximum atomic E-state index is 12.4. The van der Waals surface area contributed by atoms with Gasteiger partial charge < -0.3 is 20.1 Å². The lowest BCUT2D eigenvalue weighted by Gasteiger charge is -2.39. The molecule has 98 valence electrons. The van der Waals surface area contributed by atoms with Crippen molar-refractivity contribution in [2.45, 2.75) is 31.9 Å². The third-order valence-corrected chi connectivity index (χ3v) is 3.64. The van der Waals surface area contributed by atoms with Crippen molar-refractivity contribution in [2.24, 2.45) is 5.92 Å². The van der Waals surface area contributed by atoms with Gasteiger partial charge in [0.05, 0.1) is 31.3 Å². The molecule has 3 atom stereocenters. The predicted molar refractivity (Wildman–Crippen MR) is 63.6 cm³/mol. The van der Waals surface area contributed by atoms with Crippen LogP contribution >= 0.6 is 0 Å². The van der Waals surface area contributed by atoms with Crippen LogP contribution in [0.1, 0.15) is 19.8 Å². The fraction of sp³-hybridized carbons (Fsp3) is 0.917. The molecule has 0 aromatic rings. The summed E-state index contributed by atoms with van der Waals surface area (Å²) in [7, 11) is 0. The number of piperidine rings is 1. The number of hydrogen-bond acceptors (Lipinski definition) is 4. The Morgan fingerprint density at radius 1 is 1.59 bits per heavy atom. The molecule has 0 spiro atoms. The van der Waals surface area contributed by atoms with E-state index in [9.17, 15) is 4.79 Å². The monoisotopic (exact) mass is 242 g/mol. The van der Waals surface area contributed by atoms with Crippen molar-refractivity contribution in [1.82, 2.24) is 10.2 Å². The molecule has 2 rings (SSSR count). The highest BCUT2D eigenvalue weighted by Gasteiger charge is 2.33. The molecule has 0 bridgehead atoms. The van der Waals surface area contributed by atoms with Crippen molar-refractivity contribution in [1.29, 1.82) is 0 Å². The molecular formula is C12H22N2O3. The zero-order valence-electron chi connectivity index (χ0n) is 10.4. The molecule has 0 aromatic carbocycles. The summed E-state index contributed by atoms with van der Waals surface area (Å²) in [5.41, 5.74) is 0. The lowest BCUT2D eigenvalue weighted by atomic mass is 9.97. The summed E-state index contributed by atoms with van der Waals surface area (Å²) in [5.74, 6) is 0.315. The lowest BCUT2D eigenvalue weighted by Crippen LogP contribution is -2.55. The zero-order chi connectivity index (χ0) is 12.3. The Hall–Kier alpha value is -0.650. The van der Waals surface area contributed by atoms with Crippen LogP contribution in [-0.4, -0.2) is 60.9 Å². The van der Waals surface area contributed by atoms with Crippen LogP contribution in [0.4, 0.5) is 0 Å². The van der Waals surface area contributed by atoms with Gasteiger partial charge >= 0.3 is 0 Å². The Bertz CT molecular complexity index is 266. The molecule has 2 unspecified atom stereocenters. The first-order valence-electron chi connectivity index (χ1n) is 6.46. The largest absolute Gasteiger partial charge is 0.394 e. The van der Waals surface area contributed by atoms with Crippen molar-refractivity contribution in [2.75, 3.05) is 32.8 Å². The number of nitrogens with one attached hydrogen (secondary N) is 1. The summed E-state index contributed by atoms with van der Waals surface area (Å²) in [6.45, 7) is 4.83. The highest BCUT2D eigenvalue weighted by molar-refractivity contribution is 5.79. The van der Waals surface area contributed by atoms with E-state index in [0.29, 0.717) is 13.2 Å². The number of carbonyl (C=O) groups is 1. The molecule has 17 heavy (non-hydrogen) atoms. The third kappa shape index (κ3) is 2.97. The van der Waals surface area contributed by atoms with E-state index in [2.05, 4.69) is 5.32 Å². The van der Waals surface area contributed by atoms with Crippen molar-refractivity contribution in [3.63, 3.8) is 0 Å². The Morgan fingerprint density at radius 3 is 3.06 bits per heavy atom. The van der Waals surface area contributed by atoms with Crippen LogP contribution < -0.4 is 5.32 Å². The minimum absolute atomic E-state index is 0.0145. The summed E-state index contributed by atoms with van der Waals surface area (Å²) in [6, 6.07) is 0.118. The Morgan fingerprint density at radius 2 is 2.41 bits per heavy atom. The average Bonchev–Trinajstić information content (AvgIpc) is 2.39. The number of nitrogens with zero attached hydrogens (tertiary/aromatic N) is 1. The van der Waals surface area contributed by atoms with E-state index >= 15 is 0 Å². The minimum atomic E-state index is -0.216. The van der Waals surface area contributed by atoms with Crippen LogP contribution in [0.5, 0.6) is 0 Å². The zero-order valence-corrected chi connectivity index (χ0v) is 10.4. The first kappa shape index (κ1) is 12.8. The number of amides is 1. The number of carbonyl (C=O) groups excluding carboxylic acids is 1. The third-order valence-electron chi connectivity index (χ3n) is 3.64. The molecule has 2 aliphatic heterocycles. The van der Waals surface area contributed by atoms with Crippen LogP contribution in [0, 0.1) is 5.92 Å². The van der Waals surface area contributed by atoms with Crippen LogP contribution in [0.2, 0.25) is 0 Å². The number of morpholine rings is 1. The Balaban J connectivity index is 1.95. The summed E-state index contributed by atoms with van der Waals surface area (Å²) < 4.78 is 5.45. The second kappa shape index (κ2) is 5.80. The number of ether oxygens (including phenoxy) is 1. The number of aliphatic hydroxyl groups is 1. The van der Waals surface area contributed by atoms with E-state index in [4.69, 9.17) is 9.84 Å². The summed E-state index contributed by atoms with van der Waals surface area (Å²) in [6.07, 6.45) is 1.82. The van der Waals surface area contributed by atoms with E-state index in [1.165, 1.54) is 0 Å². The quantitative estimate of drug-likeness (QED) is 0.691. The fourth-order valence-electron chi connectivity index (χ4n) is 2.53. The maximum Gasteiger partial charge on any atom is 0.227 e. The topological polar surface area (TPSA) is 61.8 Å². The molecule has 1 amide bonds. The van der Waals surface area contributed by atoms with Crippen molar-refractivity contribution in [3.8, 4) is 0 Å². The van der Waals surface area contributed by atoms with Gasteiger partial charge in [0.25, 0.3) is 0 Å². The second-order valence-electron chi connectivity index (χ2n) is 5.02. The van der Waals surface area contributed by atoms with Gasteiger partial charge in [0.15, 0.2) is 0 Å². The molecule has 0 saturated carbocycles. The first-order chi connectivity index (χ1) is 8.22. The molecule has 2 aliphatic rings. The van der Waals surface area contributed by atoms with Gasteiger partial charge in [0, 0.05) is 13.1 Å². The van der Waals surface area contributed by atoms with E-state index in [1.54, 1.807) is 0 Å². The molecule has 2 saturated heterocycles. The fourth-order valence-corrected chi connectivity index (χ4v) is 2.53. The number of hydrogen-bond donors (Lipinski definition) is 2. The standard InChI is InChI=1S/C12H22N2O3/c1-9-8-17-11(7-15)6-14(9)12(16)10-3-2-4-13-5-10/h9-11,13,15H,2-8H2,1H3/t9?,10-,11?/m0/s1. The number of aliphatic hydroxyl groups excluding tert-OH is 1. The molecular weight excluding hydrogens is 220 g/mol. The number of rotatable bonds is 2. The van der Waals surface area contributed by atoms with Crippen molar-refractivity contribution >= 4 is 5.91 Å². The van der Waals surface area contributed by atoms with Crippen LogP contribution in [0.3, 0.4) is 0 Å². The molecule has 5 nitrogen and oxygen atoms in total. The van der Waals surface area contributed by atoms with Gasteiger partial charge in [0.1, 0.15) is 0 Å². The molecule has 2 fully saturated rings. The van der Waals surface area contributed by atoms with Gasteiger partial charge in [0.2, 0.25) is 5.91 Å². The van der Waals surface area contributed by atoms with Crippen LogP contribution in [0.25, 0.3) is 0 Å². The summed E-state index contributed by atoms with van der Waals surface area (Å²) >= 11 is 0. The smallest absolute Gasteiger partial charge is 0.227 e. The van der Waals surface area contributed by atoms with Gasteiger partial charge in [-0.25, -0.2) is 0 Å². The molecule has 0 aromatic heterocycles. The second-order valence-corrected chi connectivity index (χ2v) is 5.02. The molecule has 0 radical (unpaired) electrons. The van der Waals surface area contributed by atoms with E-state index in [-0.39, 0.29) is 30.6 Å². The lowest BCUT2D eigenvalue weighted by molar-refractivity contribution is -0.150. The van der Waals surface area contributed by atoms with E-state index in [1.807, 2.05) is 11.8 Å². The molecule has 2 heterocycles. The summed E-state index contributed by atoms with van der Waals surface area (Å²) in [4.78, 5) is 14.3. The van der Waals surface area contributed by atoms with Crippen LogP contribution in [0.15, 0.2) is 0 Å². The minimum Gasteiger partial charge on any atom is -0.394 e. The van der Waals surface area contributed by atoms with Gasteiger partial charge in [-0.1, -0.05) is 0 Å². The van der Waals surface area contributed by atoms with Gasteiger partial charge in [-0.15, -0.1) is 0 Å².